The Balaban J connectivity index is 1.42. The number of nitrogens with zero attached hydrogens (tertiary/aromatic N) is 3. The summed E-state index contributed by atoms with van der Waals surface area (Å²) in [6.45, 7) is 2.64. The summed E-state index contributed by atoms with van der Waals surface area (Å²) in [6, 6.07) is 4.37. The van der Waals surface area contributed by atoms with Gasteiger partial charge in [-0.15, -0.1) is 11.3 Å². The van der Waals surface area contributed by atoms with E-state index < -0.39 is 0 Å². The highest BCUT2D eigenvalue weighted by molar-refractivity contribution is 7.98. The normalized spacial score (nSPS) is 14.9. The van der Waals surface area contributed by atoms with E-state index in [1.54, 1.807) is 24.4 Å². The van der Waals surface area contributed by atoms with Crippen molar-refractivity contribution < 1.29 is 9.21 Å². The first-order chi connectivity index (χ1) is 14.6. The molecular formula is C22H28N4O2S2. The highest BCUT2D eigenvalue weighted by atomic mass is 32.2. The van der Waals surface area contributed by atoms with E-state index in [0.29, 0.717) is 12.6 Å². The van der Waals surface area contributed by atoms with Crippen LogP contribution in [0, 0.1) is 6.92 Å². The summed E-state index contributed by atoms with van der Waals surface area (Å²) >= 11 is 3.21. The molecule has 8 heteroatoms. The van der Waals surface area contributed by atoms with Gasteiger partial charge in [0.1, 0.15) is 22.7 Å². The summed E-state index contributed by atoms with van der Waals surface area (Å²) in [6.07, 6.45) is 9.59. The number of thiophene rings is 1. The molecule has 0 saturated heterocycles. The Labute approximate surface area is 185 Å². The van der Waals surface area contributed by atoms with E-state index in [1.807, 2.05) is 19.1 Å². The van der Waals surface area contributed by atoms with Crippen molar-refractivity contribution in [2.24, 2.45) is 0 Å². The van der Waals surface area contributed by atoms with Gasteiger partial charge in [0.2, 0.25) is 0 Å². The lowest BCUT2D eigenvalue weighted by Crippen LogP contribution is -2.34. The Morgan fingerprint density at radius 1 is 1.33 bits per heavy atom. The van der Waals surface area contributed by atoms with Crippen LogP contribution in [0.15, 0.2) is 29.1 Å². The molecule has 1 amide bonds. The van der Waals surface area contributed by atoms with Crippen LogP contribution in [0.5, 0.6) is 0 Å². The van der Waals surface area contributed by atoms with Crippen LogP contribution in [0.4, 0.5) is 5.82 Å². The molecule has 1 N–H and O–H groups in total. The average molecular weight is 445 g/mol. The first-order valence-electron chi connectivity index (χ1n) is 10.5. The fraction of sp³-hybridized carbons (Fsp3) is 0.500. The molecule has 1 fully saturated rings. The largest absolute Gasteiger partial charge is 0.468 e. The maximum absolute atomic E-state index is 12.8. The molecule has 6 nitrogen and oxygen atoms in total. The molecule has 1 aliphatic rings. The summed E-state index contributed by atoms with van der Waals surface area (Å²) in [5.74, 6) is 3.54. The minimum Gasteiger partial charge on any atom is -0.468 e. The van der Waals surface area contributed by atoms with Gasteiger partial charge >= 0.3 is 0 Å². The molecule has 0 spiro atoms. The van der Waals surface area contributed by atoms with Gasteiger partial charge in [0, 0.05) is 25.4 Å². The highest BCUT2D eigenvalue weighted by Gasteiger charge is 2.24. The van der Waals surface area contributed by atoms with Crippen LogP contribution >= 0.6 is 23.1 Å². The lowest BCUT2D eigenvalue weighted by atomic mass is 9.94. The van der Waals surface area contributed by atoms with Crippen molar-refractivity contribution in [3.8, 4) is 0 Å². The van der Waals surface area contributed by atoms with Crippen LogP contribution in [0.2, 0.25) is 0 Å². The molecule has 0 radical (unpaired) electrons. The van der Waals surface area contributed by atoms with Gasteiger partial charge in [-0.05, 0) is 37.5 Å². The number of fused-ring (bicyclic) bond motifs is 1. The molecule has 0 aromatic carbocycles. The van der Waals surface area contributed by atoms with Crippen LogP contribution in [0.25, 0.3) is 10.2 Å². The van der Waals surface area contributed by atoms with Gasteiger partial charge in [-0.2, -0.15) is 11.8 Å². The summed E-state index contributed by atoms with van der Waals surface area (Å²) in [5.41, 5.74) is 0.981. The topological polar surface area (TPSA) is 71.3 Å². The van der Waals surface area contributed by atoms with Crippen LogP contribution < -0.4 is 10.2 Å². The summed E-state index contributed by atoms with van der Waals surface area (Å²) in [4.78, 5) is 25.8. The van der Waals surface area contributed by atoms with Gasteiger partial charge < -0.3 is 14.6 Å². The first kappa shape index (κ1) is 21.2. The Hall–Kier alpha value is -2.06. The third-order valence-electron chi connectivity index (χ3n) is 5.73. The minimum atomic E-state index is -0.0274. The third-order valence-corrected chi connectivity index (χ3v) is 7.91. The lowest BCUT2D eigenvalue weighted by molar-refractivity contribution is 0.0960. The Morgan fingerprint density at radius 2 is 2.17 bits per heavy atom. The number of anilines is 1. The molecule has 0 unspecified atom stereocenters. The van der Waals surface area contributed by atoms with Crippen molar-refractivity contribution in [3.63, 3.8) is 0 Å². The van der Waals surface area contributed by atoms with E-state index >= 15 is 0 Å². The summed E-state index contributed by atoms with van der Waals surface area (Å²) < 4.78 is 5.33. The average Bonchev–Trinajstić information content (AvgIpc) is 3.41. The minimum absolute atomic E-state index is 0.0274. The standard InChI is InChI=1S/C22H28N4O2S2/c1-15-18-20(26(2)16-7-4-3-5-8-16)24-14-25-22(18)30-19(15)21(27)23-10-12-29-13-17-9-6-11-28-17/h6,9,11,14,16H,3-5,7-8,10,12-13H2,1-2H3,(H,23,27). The zero-order valence-corrected chi connectivity index (χ0v) is 19.2. The number of carbonyl (C=O) groups excluding carboxylic acids is 1. The van der Waals surface area contributed by atoms with Gasteiger partial charge in [-0.1, -0.05) is 19.3 Å². The monoisotopic (exact) mass is 444 g/mol. The number of aryl methyl sites for hydroxylation is 1. The molecule has 160 valence electrons. The molecule has 0 aliphatic heterocycles. The second-order valence-electron chi connectivity index (χ2n) is 7.72. The predicted octanol–water partition coefficient (Wildman–Crippen LogP) is 5.02. The quantitative estimate of drug-likeness (QED) is 0.492. The molecule has 1 saturated carbocycles. The van der Waals surface area contributed by atoms with Crippen molar-refractivity contribution in [2.75, 3.05) is 24.2 Å². The zero-order chi connectivity index (χ0) is 20.9. The van der Waals surface area contributed by atoms with E-state index in [9.17, 15) is 4.79 Å². The van der Waals surface area contributed by atoms with Gasteiger partial charge in [0.15, 0.2) is 0 Å². The molecule has 4 rings (SSSR count). The number of furan rings is 1. The van der Waals surface area contributed by atoms with Gasteiger partial charge in [-0.25, -0.2) is 9.97 Å². The third kappa shape index (κ3) is 4.64. The number of hydrogen-bond acceptors (Lipinski definition) is 7. The number of nitrogens with one attached hydrogen (secondary N) is 1. The van der Waals surface area contributed by atoms with E-state index in [2.05, 4.69) is 27.2 Å². The Morgan fingerprint density at radius 3 is 2.93 bits per heavy atom. The molecular weight excluding hydrogens is 416 g/mol. The fourth-order valence-corrected chi connectivity index (χ4v) is 5.88. The van der Waals surface area contributed by atoms with Gasteiger partial charge in [-0.3, -0.25) is 4.79 Å². The highest BCUT2D eigenvalue weighted by Crippen LogP contribution is 2.36. The SMILES string of the molecule is Cc1c(C(=O)NCCSCc2ccco2)sc2ncnc(N(C)C3CCCCC3)c12. The van der Waals surface area contributed by atoms with Crippen molar-refractivity contribution in [3.05, 3.63) is 40.9 Å². The molecule has 0 atom stereocenters. The van der Waals surface area contributed by atoms with E-state index in [0.717, 1.165) is 43.7 Å². The second kappa shape index (κ2) is 9.83. The van der Waals surface area contributed by atoms with Crippen LogP contribution in [-0.2, 0) is 5.75 Å². The molecule has 0 bridgehead atoms. The zero-order valence-electron chi connectivity index (χ0n) is 17.5. The Kier molecular flexibility index (Phi) is 6.94. The van der Waals surface area contributed by atoms with Crippen molar-refractivity contribution in [1.29, 1.82) is 0 Å². The maximum atomic E-state index is 12.8. The fourth-order valence-electron chi connectivity index (χ4n) is 4.06. The first-order valence-corrected chi connectivity index (χ1v) is 12.5. The molecule has 3 aromatic rings. The predicted molar refractivity (Wildman–Crippen MR) is 125 cm³/mol. The summed E-state index contributed by atoms with van der Waals surface area (Å²) in [5, 5.41) is 4.07. The van der Waals surface area contributed by atoms with Crippen molar-refractivity contribution >= 4 is 45.0 Å². The van der Waals surface area contributed by atoms with Crippen LogP contribution in [-0.4, -0.2) is 41.3 Å². The van der Waals surface area contributed by atoms with Crippen molar-refractivity contribution in [2.45, 2.75) is 50.8 Å². The number of hydrogen-bond donors (Lipinski definition) is 1. The smallest absolute Gasteiger partial charge is 0.261 e. The second-order valence-corrected chi connectivity index (χ2v) is 9.83. The van der Waals surface area contributed by atoms with Crippen LogP contribution in [0.1, 0.15) is 53.1 Å². The molecule has 3 aromatic heterocycles. The number of thioether (sulfide) groups is 1. The van der Waals surface area contributed by atoms with E-state index in [1.165, 1.54) is 43.4 Å². The molecule has 3 heterocycles. The maximum Gasteiger partial charge on any atom is 0.261 e. The van der Waals surface area contributed by atoms with E-state index in [-0.39, 0.29) is 5.91 Å². The van der Waals surface area contributed by atoms with Crippen LogP contribution in [0.3, 0.4) is 0 Å². The van der Waals surface area contributed by atoms with Crippen molar-refractivity contribution in [1.82, 2.24) is 15.3 Å². The van der Waals surface area contributed by atoms with Gasteiger partial charge in [0.25, 0.3) is 5.91 Å². The molecule has 1 aliphatic carbocycles. The number of rotatable bonds is 8. The summed E-state index contributed by atoms with van der Waals surface area (Å²) in [7, 11) is 2.13. The number of carbonyl (C=O) groups is 1. The van der Waals surface area contributed by atoms with Gasteiger partial charge in [0.05, 0.1) is 22.3 Å². The Bertz CT molecular complexity index is 981. The number of amides is 1. The molecule has 30 heavy (non-hydrogen) atoms. The number of aromatic nitrogens is 2. The van der Waals surface area contributed by atoms with E-state index in [4.69, 9.17) is 4.42 Å². The lowest BCUT2D eigenvalue weighted by Gasteiger charge is -2.32.